The minimum absolute atomic E-state index is 0.0707. The highest BCUT2D eigenvalue weighted by Gasteiger charge is 2.28. The van der Waals surface area contributed by atoms with Crippen LogP contribution in [0.5, 0.6) is 0 Å². The van der Waals surface area contributed by atoms with E-state index in [1.165, 1.54) is 9.80 Å². The molecule has 0 atom stereocenters. The van der Waals surface area contributed by atoms with Crippen LogP contribution >= 0.6 is 0 Å². The Hall–Kier alpha value is -3.95. The number of anilines is 3. The summed E-state index contributed by atoms with van der Waals surface area (Å²) in [6.45, 7) is 13.4. The van der Waals surface area contributed by atoms with Crippen molar-refractivity contribution in [3.05, 3.63) is 52.5 Å². The van der Waals surface area contributed by atoms with Gasteiger partial charge in [-0.3, -0.25) is 10.2 Å². The molecule has 3 aromatic rings. The number of ether oxygens (including phenoxy) is 1. The Morgan fingerprint density at radius 3 is 2.44 bits per heavy atom. The maximum atomic E-state index is 13.6. The second-order valence-corrected chi connectivity index (χ2v) is 9.76. The summed E-state index contributed by atoms with van der Waals surface area (Å²) in [5, 5.41) is 2.87. The number of carbonyl (C=O) groups is 2. The zero-order valence-corrected chi connectivity index (χ0v) is 21.8. The van der Waals surface area contributed by atoms with E-state index in [1.54, 1.807) is 64.2 Å². The predicted molar refractivity (Wildman–Crippen MR) is 140 cm³/mol. The van der Waals surface area contributed by atoms with E-state index in [-0.39, 0.29) is 23.9 Å². The minimum Gasteiger partial charge on any atom is -0.444 e. The highest BCUT2D eigenvalue weighted by Crippen LogP contribution is 2.26. The lowest BCUT2D eigenvalue weighted by Gasteiger charge is -2.28. The molecule has 0 radical (unpaired) electrons. The van der Waals surface area contributed by atoms with Gasteiger partial charge in [0.05, 0.1) is 10.9 Å². The van der Waals surface area contributed by atoms with Crippen LogP contribution in [0.3, 0.4) is 0 Å². The molecule has 2 aromatic heterocycles. The van der Waals surface area contributed by atoms with Crippen molar-refractivity contribution in [2.24, 2.45) is 5.92 Å². The van der Waals surface area contributed by atoms with Crippen LogP contribution in [-0.4, -0.2) is 40.8 Å². The fraction of sp³-hybridized carbons (Fsp3) is 0.423. The summed E-state index contributed by atoms with van der Waals surface area (Å²) >= 11 is 0. The number of aryl methyl sites for hydroxylation is 1. The van der Waals surface area contributed by atoms with Crippen molar-refractivity contribution >= 4 is 40.5 Å². The number of carbonyl (C=O) groups excluding carboxylic acids is 2. The van der Waals surface area contributed by atoms with Crippen LogP contribution in [0.4, 0.5) is 27.1 Å². The number of nitrogens with zero attached hydrogens (tertiary/aromatic N) is 4. The van der Waals surface area contributed by atoms with Gasteiger partial charge in [-0.05, 0) is 70.4 Å². The Bertz CT molecular complexity index is 1300. The quantitative estimate of drug-likeness (QED) is 0.490. The van der Waals surface area contributed by atoms with Crippen molar-refractivity contribution in [1.29, 1.82) is 0 Å². The molecular formula is C26H33N5O5. The van der Waals surface area contributed by atoms with Gasteiger partial charge in [0.15, 0.2) is 0 Å². The zero-order chi connectivity index (χ0) is 26.6. The van der Waals surface area contributed by atoms with Gasteiger partial charge in [-0.15, -0.1) is 0 Å². The summed E-state index contributed by atoms with van der Waals surface area (Å²) in [7, 11) is 0. The van der Waals surface area contributed by atoms with Gasteiger partial charge in [0.25, 0.3) is 0 Å². The first kappa shape index (κ1) is 26.7. The molecule has 3 amide bonds. The second kappa shape index (κ2) is 10.8. The van der Waals surface area contributed by atoms with Gasteiger partial charge in [0, 0.05) is 25.0 Å². The summed E-state index contributed by atoms with van der Waals surface area (Å²) in [5.74, 6) is 0.553. The van der Waals surface area contributed by atoms with Crippen LogP contribution in [-0.2, 0) is 4.74 Å². The summed E-state index contributed by atoms with van der Waals surface area (Å²) in [6, 6.07) is 8.04. The molecule has 0 saturated carbocycles. The van der Waals surface area contributed by atoms with Crippen molar-refractivity contribution in [3.8, 4) is 0 Å². The lowest BCUT2D eigenvalue weighted by molar-refractivity contribution is 0.0635. The molecule has 10 nitrogen and oxygen atoms in total. The van der Waals surface area contributed by atoms with Crippen molar-refractivity contribution in [1.82, 2.24) is 9.97 Å². The standard InChI is InChI=1S/C26H33N5O5/c1-8-30(20-11-9-10-14-27-20)25(34)31(15-16(2)3)23-28-19-13-12-18(17(4)21(19)22(32)35-23)29-24(33)36-26(5,6)7/h9-14,16H,8,15H2,1-7H3,(H,29,33). The number of nitrogens with one attached hydrogen (secondary N) is 1. The SMILES string of the molecule is CCN(C(=O)N(CC(C)C)c1nc2ccc(NC(=O)OC(C)(C)C)c(C)c2c(=O)o1)c1ccccn1. The Labute approximate surface area is 210 Å². The number of pyridine rings is 1. The molecule has 36 heavy (non-hydrogen) atoms. The van der Waals surface area contributed by atoms with Gasteiger partial charge in [-0.25, -0.2) is 24.3 Å². The molecular weight excluding hydrogens is 462 g/mol. The number of hydrogen-bond acceptors (Lipinski definition) is 7. The number of benzene rings is 1. The molecule has 0 saturated heterocycles. The largest absolute Gasteiger partial charge is 0.444 e. The highest BCUT2D eigenvalue weighted by molar-refractivity contribution is 6.02. The van der Waals surface area contributed by atoms with Crippen LogP contribution in [0, 0.1) is 12.8 Å². The normalized spacial score (nSPS) is 11.4. The second-order valence-electron chi connectivity index (χ2n) is 9.76. The molecule has 0 unspecified atom stereocenters. The Kier molecular flexibility index (Phi) is 7.96. The van der Waals surface area contributed by atoms with Crippen molar-refractivity contribution in [2.75, 3.05) is 28.2 Å². The molecule has 0 spiro atoms. The fourth-order valence-electron chi connectivity index (χ4n) is 3.63. The zero-order valence-electron chi connectivity index (χ0n) is 21.8. The Morgan fingerprint density at radius 2 is 1.86 bits per heavy atom. The van der Waals surface area contributed by atoms with Crippen LogP contribution in [0.1, 0.15) is 47.1 Å². The summed E-state index contributed by atoms with van der Waals surface area (Å²) in [6.07, 6.45) is 0.972. The third-order valence-corrected chi connectivity index (χ3v) is 5.17. The fourth-order valence-corrected chi connectivity index (χ4v) is 3.63. The number of amides is 3. The van der Waals surface area contributed by atoms with Gasteiger partial charge in [0.1, 0.15) is 11.4 Å². The molecule has 0 fully saturated rings. The predicted octanol–water partition coefficient (Wildman–Crippen LogP) is 5.35. The van der Waals surface area contributed by atoms with Gasteiger partial charge < -0.3 is 9.15 Å². The molecule has 3 rings (SSSR count). The van der Waals surface area contributed by atoms with Gasteiger partial charge >= 0.3 is 23.8 Å². The number of fused-ring (bicyclic) bond motifs is 1. The van der Waals surface area contributed by atoms with Crippen molar-refractivity contribution < 1.29 is 18.7 Å². The van der Waals surface area contributed by atoms with E-state index >= 15 is 0 Å². The molecule has 2 heterocycles. The van der Waals surface area contributed by atoms with Gasteiger partial charge in [-0.2, -0.15) is 4.98 Å². The van der Waals surface area contributed by atoms with E-state index in [0.29, 0.717) is 29.1 Å². The average molecular weight is 496 g/mol. The lowest BCUT2D eigenvalue weighted by Crippen LogP contribution is -2.46. The summed E-state index contributed by atoms with van der Waals surface area (Å²) in [4.78, 5) is 50.5. The van der Waals surface area contributed by atoms with Crippen LogP contribution < -0.4 is 20.7 Å². The minimum atomic E-state index is -0.668. The van der Waals surface area contributed by atoms with E-state index in [1.807, 2.05) is 20.8 Å². The van der Waals surface area contributed by atoms with Crippen LogP contribution in [0.15, 0.2) is 45.7 Å². The number of hydrogen-bond donors (Lipinski definition) is 1. The maximum absolute atomic E-state index is 13.6. The van der Waals surface area contributed by atoms with Gasteiger partial charge in [-0.1, -0.05) is 19.9 Å². The Balaban J connectivity index is 2.02. The molecule has 1 aromatic carbocycles. The van der Waals surface area contributed by atoms with E-state index in [9.17, 15) is 14.4 Å². The molecule has 1 N–H and O–H groups in total. The number of aromatic nitrogens is 2. The van der Waals surface area contributed by atoms with E-state index in [4.69, 9.17) is 9.15 Å². The molecule has 0 aliphatic carbocycles. The lowest BCUT2D eigenvalue weighted by atomic mass is 10.1. The monoisotopic (exact) mass is 495 g/mol. The number of urea groups is 1. The van der Waals surface area contributed by atoms with E-state index in [0.717, 1.165) is 0 Å². The van der Waals surface area contributed by atoms with Gasteiger partial charge in [0.2, 0.25) is 0 Å². The summed E-state index contributed by atoms with van der Waals surface area (Å²) < 4.78 is 10.9. The van der Waals surface area contributed by atoms with Crippen LogP contribution in [0.2, 0.25) is 0 Å². The smallest absolute Gasteiger partial charge is 0.412 e. The molecule has 0 aliphatic heterocycles. The first-order valence-corrected chi connectivity index (χ1v) is 11.9. The molecule has 192 valence electrons. The highest BCUT2D eigenvalue weighted by atomic mass is 16.6. The topological polar surface area (TPSA) is 118 Å². The average Bonchev–Trinajstić information content (AvgIpc) is 2.79. The first-order chi connectivity index (χ1) is 16.9. The molecule has 10 heteroatoms. The molecule has 0 aliphatic rings. The third kappa shape index (κ3) is 6.18. The molecule has 0 bridgehead atoms. The van der Waals surface area contributed by atoms with Crippen molar-refractivity contribution in [2.45, 2.75) is 54.1 Å². The summed E-state index contributed by atoms with van der Waals surface area (Å²) in [5.41, 5.74) is -0.102. The Morgan fingerprint density at radius 1 is 1.14 bits per heavy atom. The van der Waals surface area contributed by atoms with E-state index in [2.05, 4.69) is 15.3 Å². The van der Waals surface area contributed by atoms with E-state index < -0.39 is 23.4 Å². The van der Waals surface area contributed by atoms with Crippen LogP contribution in [0.25, 0.3) is 10.9 Å². The van der Waals surface area contributed by atoms with Crippen molar-refractivity contribution in [3.63, 3.8) is 0 Å². The first-order valence-electron chi connectivity index (χ1n) is 11.9. The third-order valence-electron chi connectivity index (χ3n) is 5.17. The number of rotatable bonds is 6. The maximum Gasteiger partial charge on any atom is 0.412 e.